The largest absolute Gasteiger partial charge is 0.389 e. The van der Waals surface area contributed by atoms with Crippen molar-refractivity contribution in [1.29, 1.82) is 0 Å². The van der Waals surface area contributed by atoms with E-state index >= 15 is 0 Å². The van der Waals surface area contributed by atoms with Crippen LogP contribution in [0.15, 0.2) is 0 Å². The summed E-state index contributed by atoms with van der Waals surface area (Å²) in [4.78, 5) is 1.35. The van der Waals surface area contributed by atoms with E-state index in [1.165, 1.54) is 4.90 Å². The van der Waals surface area contributed by atoms with Crippen LogP contribution in [-0.4, -0.2) is 53.4 Å². The second-order valence-electron chi connectivity index (χ2n) is 2.74. The van der Waals surface area contributed by atoms with Gasteiger partial charge in [-0.05, 0) is 0 Å². The molecular formula is C6H11F2NO2. The molecule has 1 fully saturated rings. The molecule has 0 saturated carbocycles. The molecule has 66 valence electrons. The standard InChI is InChI=1S/C6H11F2NO2/c7-6(8)3-9-1-4(10)5(11)2-9/h4-6,10-11H,1-3H2. The molecule has 1 saturated heterocycles. The molecule has 2 unspecified atom stereocenters. The number of β-amino-alcohol motifs (C(OH)–C–C–N with tert-alkyl or cyclic N) is 2. The molecule has 0 aromatic carbocycles. The number of likely N-dealkylation sites (tertiary alicyclic amines) is 1. The van der Waals surface area contributed by atoms with Gasteiger partial charge in [0.25, 0.3) is 6.43 Å². The van der Waals surface area contributed by atoms with Gasteiger partial charge in [-0.25, -0.2) is 8.78 Å². The minimum absolute atomic E-state index is 0.144. The molecule has 1 aliphatic rings. The lowest BCUT2D eigenvalue weighted by atomic mass is 10.3. The summed E-state index contributed by atoms with van der Waals surface area (Å²) >= 11 is 0. The Kier molecular flexibility index (Phi) is 2.75. The second-order valence-corrected chi connectivity index (χ2v) is 2.74. The van der Waals surface area contributed by atoms with E-state index in [2.05, 4.69) is 0 Å². The van der Waals surface area contributed by atoms with Gasteiger partial charge in [-0.2, -0.15) is 0 Å². The molecule has 1 rings (SSSR count). The predicted octanol–water partition coefficient (Wildman–Crippen LogP) is -0.711. The fourth-order valence-electron chi connectivity index (χ4n) is 1.19. The first-order chi connectivity index (χ1) is 5.09. The zero-order valence-corrected chi connectivity index (χ0v) is 5.95. The van der Waals surface area contributed by atoms with Gasteiger partial charge in [0, 0.05) is 13.1 Å². The number of halogens is 2. The van der Waals surface area contributed by atoms with Crippen LogP contribution in [0.2, 0.25) is 0 Å². The lowest BCUT2D eigenvalue weighted by Crippen LogP contribution is -2.27. The summed E-state index contributed by atoms with van der Waals surface area (Å²) in [5.41, 5.74) is 0. The molecule has 0 amide bonds. The zero-order chi connectivity index (χ0) is 8.43. The first-order valence-electron chi connectivity index (χ1n) is 3.46. The lowest BCUT2D eigenvalue weighted by Gasteiger charge is -2.12. The third-order valence-corrected chi connectivity index (χ3v) is 1.73. The van der Waals surface area contributed by atoms with Gasteiger partial charge in [0.2, 0.25) is 0 Å². The second kappa shape index (κ2) is 3.42. The highest BCUT2D eigenvalue weighted by atomic mass is 19.3. The van der Waals surface area contributed by atoms with Crippen LogP contribution in [0.5, 0.6) is 0 Å². The van der Waals surface area contributed by atoms with E-state index in [4.69, 9.17) is 10.2 Å². The summed E-state index contributed by atoms with van der Waals surface area (Å²) in [7, 11) is 0. The van der Waals surface area contributed by atoms with Crippen LogP contribution in [0, 0.1) is 0 Å². The number of alkyl halides is 2. The number of aliphatic hydroxyl groups excluding tert-OH is 2. The first-order valence-corrected chi connectivity index (χ1v) is 3.46. The van der Waals surface area contributed by atoms with Crippen molar-refractivity contribution >= 4 is 0 Å². The lowest BCUT2D eigenvalue weighted by molar-refractivity contribution is 0.0572. The Hall–Kier alpha value is -0.260. The molecule has 1 heterocycles. The molecule has 0 aromatic heterocycles. The molecule has 3 nitrogen and oxygen atoms in total. The van der Waals surface area contributed by atoms with Gasteiger partial charge in [-0.15, -0.1) is 0 Å². The van der Waals surface area contributed by atoms with Crippen molar-refractivity contribution in [3.63, 3.8) is 0 Å². The Morgan fingerprint density at radius 2 is 1.73 bits per heavy atom. The molecule has 0 spiro atoms. The van der Waals surface area contributed by atoms with Gasteiger partial charge >= 0.3 is 0 Å². The van der Waals surface area contributed by atoms with E-state index in [0.717, 1.165) is 0 Å². The number of hydrogen-bond donors (Lipinski definition) is 2. The minimum Gasteiger partial charge on any atom is -0.389 e. The quantitative estimate of drug-likeness (QED) is 0.571. The van der Waals surface area contributed by atoms with Crippen LogP contribution in [0.1, 0.15) is 0 Å². The number of rotatable bonds is 2. The SMILES string of the molecule is OC1CN(CC(F)F)CC1O. The van der Waals surface area contributed by atoms with Crippen LogP contribution in [0.4, 0.5) is 8.78 Å². The number of hydrogen-bond acceptors (Lipinski definition) is 3. The van der Waals surface area contributed by atoms with Gasteiger partial charge in [0.1, 0.15) is 0 Å². The zero-order valence-electron chi connectivity index (χ0n) is 5.95. The van der Waals surface area contributed by atoms with Crippen LogP contribution < -0.4 is 0 Å². The van der Waals surface area contributed by atoms with Crippen molar-refractivity contribution in [1.82, 2.24) is 4.90 Å². The average molecular weight is 167 g/mol. The summed E-state index contributed by atoms with van der Waals surface area (Å²) in [6.45, 7) is -0.0782. The van der Waals surface area contributed by atoms with Crippen molar-refractivity contribution in [3.05, 3.63) is 0 Å². The van der Waals surface area contributed by atoms with E-state index in [1.807, 2.05) is 0 Å². The molecule has 0 aliphatic carbocycles. The topological polar surface area (TPSA) is 43.7 Å². The van der Waals surface area contributed by atoms with Gasteiger partial charge in [0.15, 0.2) is 0 Å². The average Bonchev–Trinajstić information content (AvgIpc) is 2.10. The minimum atomic E-state index is -2.40. The molecule has 1 aliphatic heterocycles. The fourth-order valence-corrected chi connectivity index (χ4v) is 1.19. The van der Waals surface area contributed by atoms with Crippen LogP contribution >= 0.6 is 0 Å². The molecule has 2 atom stereocenters. The molecule has 5 heteroatoms. The number of aliphatic hydroxyl groups is 2. The van der Waals surface area contributed by atoms with Gasteiger partial charge < -0.3 is 10.2 Å². The molecular weight excluding hydrogens is 156 g/mol. The smallest absolute Gasteiger partial charge is 0.251 e. The summed E-state index contributed by atoms with van der Waals surface area (Å²) in [6, 6.07) is 0. The fraction of sp³-hybridized carbons (Fsp3) is 1.00. The Balaban J connectivity index is 2.29. The maximum Gasteiger partial charge on any atom is 0.251 e. The molecule has 11 heavy (non-hydrogen) atoms. The molecule has 0 aromatic rings. The highest BCUT2D eigenvalue weighted by molar-refractivity contribution is 4.83. The maximum atomic E-state index is 11.7. The molecule has 2 N–H and O–H groups in total. The van der Waals surface area contributed by atoms with Crippen LogP contribution in [0.25, 0.3) is 0 Å². The number of nitrogens with zero attached hydrogens (tertiary/aromatic N) is 1. The van der Waals surface area contributed by atoms with Gasteiger partial charge in [0.05, 0.1) is 18.8 Å². The Morgan fingerprint density at radius 3 is 2.09 bits per heavy atom. The van der Waals surface area contributed by atoms with Crippen molar-refractivity contribution in [2.45, 2.75) is 18.6 Å². The summed E-state index contributed by atoms with van der Waals surface area (Å²) in [6.07, 6.45) is -4.13. The highest BCUT2D eigenvalue weighted by Gasteiger charge is 2.30. The van der Waals surface area contributed by atoms with Crippen molar-refractivity contribution in [2.24, 2.45) is 0 Å². The summed E-state index contributed by atoms with van der Waals surface area (Å²) in [5.74, 6) is 0. The summed E-state index contributed by atoms with van der Waals surface area (Å²) < 4.78 is 23.5. The van der Waals surface area contributed by atoms with Gasteiger partial charge in [-0.1, -0.05) is 0 Å². The third-order valence-electron chi connectivity index (χ3n) is 1.73. The normalized spacial score (nSPS) is 33.5. The van der Waals surface area contributed by atoms with E-state index in [-0.39, 0.29) is 19.6 Å². The maximum absolute atomic E-state index is 11.7. The third kappa shape index (κ3) is 2.36. The Morgan fingerprint density at radius 1 is 1.27 bits per heavy atom. The van der Waals surface area contributed by atoms with E-state index in [9.17, 15) is 8.78 Å². The van der Waals surface area contributed by atoms with Crippen molar-refractivity contribution < 1.29 is 19.0 Å². The van der Waals surface area contributed by atoms with Crippen molar-refractivity contribution in [3.8, 4) is 0 Å². The van der Waals surface area contributed by atoms with Crippen molar-refractivity contribution in [2.75, 3.05) is 19.6 Å². The van der Waals surface area contributed by atoms with E-state index in [1.54, 1.807) is 0 Å². The summed E-state index contributed by atoms with van der Waals surface area (Å²) in [5, 5.41) is 17.9. The molecule has 0 radical (unpaired) electrons. The van der Waals surface area contributed by atoms with E-state index < -0.39 is 18.6 Å². The Bertz CT molecular complexity index is 121. The van der Waals surface area contributed by atoms with Crippen LogP contribution in [-0.2, 0) is 0 Å². The predicted molar refractivity (Wildman–Crippen MR) is 34.5 cm³/mol. The van der Waals surface area contributed by atoms with Gasteiger partial charge in [-0.3, -0.25) is 4.90 Å². The van der Waals surface area contributed by atoms with E-state index in [0.29, 0.717) is 0 Å². The molecule has 0 bridgehead atoms. The van der Waals surface area contributed by atoms with Crippen LogP contribution in [0.3, 0.4) is 0 Å². The highest BCUT2D eigenvalue weighted by Crippen LogP contribution is 2.11. The Labute approximate surface area is 63.2 Å². The first kappa shape index (κ1) is 8.83. The monoisotopic (exact) mass is 167 g/mol.